The van der Waals surface area contributed by atoms with Crippen LogP contribution in [0.2, 0.25) is 10.0 Å². The molecule has 1 amide bonds. The minimum absolute atomic E-state index is 0.172. The van der Waals surface area contributed by atoms with Crippen LogP contribution in [0.3, 0.4) is 0 Å². The first kappa shape index (κ1) is 20.4. The Labute approximate surface area is 186 Å². The molecule has 0 saturated carbocycles. The standard InChI is InChI=1S/C19H15Cl2IN2O2S/c1-2-24-18(25)16(23-19(24)27)9-12-7-14(20)17(15(21)8-12)26-10-11-3-5-13(22)6-4-11/h3-9H,2,10H2,1H3,(H,23,27)/b16-9-. The van der Waals surface area contributed by atoms with Crippen LogP contribution >= 0.6 is 58.0 Å². The van der Waals surface area contributed by atoms with Crippen molar-refractivity contribution < 1.29 is 9.53 Å². The van der Waals surface area contributed by atoms with Crippen molar-refractivity contribution in [3.8, 4) is 5.75 Å². The minimum Gasteiger partial charge on any atom is -0.486 e. The number of carbonyl (C=O) groups is 1. The van der Waals surface area contributed by atoms with Gasteiger partial charge in [0.05, 0.1) is 10.0 Å². The summed E-state index contributed by atoms with van der Waals surface area (Å²) in [7, 11) is 0. The van der Waals surface area contributed by atoms with E-state index in [4.69, 9.17) is 40.2 Å². The molecule has 0 radical (unpaired) electrons. The first-order chi connectivity index (χ1) is 12.9. The van der Waals surface area contributed by atoms with Gasteiger partial charge in [-0.2, -0.15) is 0 Å². The molecule has 1 N–H and O–H groups in total. The van der Waals surface area contributed by atoms with Gasteiger partial charge in [0, 0.05) is 10.1 Å². The van der Waals surface area contributed by atoms with Crippen LogP contribution in [0.5, 0.6) is 5.75 Å². The zero-order valence-corrected chi connectivity index (χ0v) is 18.7. The lowest BCUT2D eigenvalue weighted by atomic mass is 10.1. The second-order valence-electron chi connectivity index (χ2n) is 5.77. The largest absolute Gasteiger partial charge is 0.486 e. The maximum atomic E-state index is 12.3. The van der Waals surface area contributed by atoms with Crippen molar-refractivity contribution in [3.05, 3.63) is 66.8 Å². The van der Waals surface area contributed by atoms with E-state index < -0.39 is 0 Å². The molecule has 0 atom stereocenters. The van der Waals surface area contributed by atoms with Crippen molar-refractivity contribution in [2.45, 2.75) is 13.5 Å². The number of likely N-dealkylation sites (N-methyl/N-ethyl adjacent to an activating group) is 1. The highest BCUT2D eigenvalue weighted by molar-refractivity contribution is 14.1. The molecule has 0 aliphatic carbocycles. The fourth-order valence-electron chi connectivity index (χ4n) is 2.56. The lowest BCUT2D eigenvalue weighted by Gasteiger charge is -2.11. The quantitative estimate of drug-likeness (QED) is 0.324. The van der Waals surface area contributed by atoms with Gasteiger partial charge in [-0.05, 0) is 83.2 Å². The van der Waals surface area contributed by atoms with Crippen LogP contribution in [0, 0.1) is 3.57 Å². The Morgan fingerprint density at radius 2 is 1.85 bits per heavy atom. The van der Waals surface area contributed by atoms with Gasteiger partial charge in [0.2, 0.25) is 0 Å². The van der Waals surface area contributed by atoms with Crippen LogP contribution in [-0.4, -0.2) is 22.5 Å². The van der Waals surface area contributed by atoms with Crippen LogP contribution in [0.4, 0.5) is 0 Å². The highest BCUT2D eigenvalue weighted by Crippen LogP contribution is 2.35. The first-order valence-electron chi connectivity index (χ1n) is 8.10. The fourth-order valence-corrected chi connectivity index (χ4v) is 3.86. The average molecular weight is 533 g/mol. The molecule has 4 nitrogen and oxygen atoms in total. The van der Waals surface area contributed by atoms with Gasteiger partial charge in [0.25, 0.3) is 5.91 Å². The fraction of sp³-hybridized carbons (Fsp3) is 0.158. The Bertz CT molecular complexity index is 909. The topological polar surface area (TPSA) is 41.6 Å². The molecule has 0 bridgehead atoms. The molecule has 0 aromatic heterocycles. The van der Waals surface area contributed by atoms with E-state index in [-0.39, 0.29) is 5.91 Å². The number of hydrogen-bond acceptors (Lipinski definition) is 3. The van der Waals surface area contributed by atoms with Gasteiger partial charge in [0.15, 0.2) is 10.9 Å². The maximum absolute atomic E-state index is 12.3. The molecule has 1 fully saturated rings. The zero-order valence-electron chi connectivity index (χ0n) is 14.3. The van der Waals surface area contributed by atoms with E-state index in [0.717, 1.165) is 9.13 Å². The summed E-state index contributed by atoms with van der Waals surface area (Å²) >= 11 is 20.1. The van der Waals surface area contributed by atoms with E-state index in [9.17, 15) is 4.79 Å². The number of benzene rings is 2. The maximum Gasteiger partial charge on any atom is 0.276 e. The van der Waals surface area contributed by atoms with Gasteiger partial charge in [-0.25, -0.2) is 0 Å². The highest BCUT2D eigenvalue weighted by atomic mass is 127. The second-order valence-corrected chi connectivity index (χ2v) is 8.21. The minimum atomic E-state index is -0.172. The van der Waals surface area contributed by atoms with Gasteiger partial charge in [-0.1, -0.05) is 35.3 Å². The number of halogens is 3. The Hall–Kier alpha value is -1.35. The summed E-state index contributed by atoms with van der Waals surface area (Å²) in [5.41, 5.74) is 2.09. The summed E-state index contributed by atoms with van der Waals surface area (Å²) in [6, 6.07) is 11.4. The third kappa shape index (κ3) is 4.74. The Morgan fingerprint density at radius 1 is 1.22 bits per heavy atom. The molecule has 27 heavy (non-hydrogen) atoms. The molecular weight excluding hydrogens is 518 g/mol. The summed E-state index contributed by atoms with van der Waals surface area (Å²) in [6.45, 7) is 2.73. The number of ether oxygens (including phenoxy) is 1. The van der Waals surface area contributed by atoms with E-state index in [1.807, 2.05) is 31.2 Å². The number of nitrogens with one attached hydrogen (secondary N) is 1. The number of amides is 1. The van der Waals surface area contributed by atoms with Gasteiger partial charge >= 0.3 is 0 Å². The lowest BCUT2D eigenvalue weighted by molar-refractivity contribution is -0.122. The lowest BCUT2D eigenvalue weighted by Crippen LogP contribution is -2.30. The van der Waals surface area contributed by atoms with Gasteiger partial charge in [0.1, 0.15) is 12.3 Å². The zero-order chi connectivity index (χ0) is 19.6. The van der Waals surface area contributed by atoms with E-state index in [2.05, 4.69) is 27.9 Å². The molecule has 140 valence electrons. The van der Waals surface area contributed by atoms with E-state index in [1.54, 1.807) is 18.2 Å². The normalized spacial score (nSPS) is 15.4. The van der Waals surface area contributed by atoms with E-state index in [0.29, 0.717) is 45.3 Å². The van der Waals surface area contributed by atoms with E-state index in [1.165, 1.54) is 4.90 Å². The second kappa shape index (κ2) is 8.77. The van der Waals surface area contributed by atoms with Gasteiger partial charge in [-0.3, -0.25) is 9.69 Å². The number of hydrogen-bond donors (Lipinski definition) is 1. The Kier molecular flexibility index (Phi) is 6.62. The summed E-state index contributed by atoms with van der Waals surface area (Å²) in [5, 5.41) is 4.05. The average Bonchev–Trinajstić information content (AvgIpc) is 2.88. The monoisotopic (exact) mass is 532 g/mol. The van der Waals surface area contributed by atoms with Crippen LogP contribution in [0.15, 0.2) is 42.1 Å². The van der Waals surface area contributed by atoms with Crippen molar-refractivity contribution in [2.75, 3.05) is 6.54 Å². The molecule has 1 heterocycles. The molecule has 1 saturated heterocycles. The molecule has 8 heteroatoms. The third-order valence-electron chi connectivity index (χ3n) is 3.91. The molecule has 1 aliphatic heterocycles. The van der Waals surface area contributed by atoms with Crippen LogP contribution in [0.25, 0.3) is 6.08 Å². The van der Waals surface area contributed by atoms with Crippen molar-refractivity contribution in [1.29, 1.82) is 0 Å². The van der Waals surface area contributed by atoms with Crippen LogP contribution in [0.1, 0.15) is 18.1 Å². The van der Waals surface area contributed by atoms with Gasteiger partial charge in [-0.15, -0.1) is 0 Å². The van der Waals surface area contributed by atoms with Crippen molar-refractivity contribution in [2.24, 2.45) is 0 Å². The van der Waals surface area contributed by atoms with Crippen molar-refractivity contribution in [1.82, 2.24) is 10.2 Å². The first-order valence-corrected chi connectivity index (χ1v) is 10.3. The predicted molar refractivity (Wildman–Crippen MR) is 121 cm³/mol. The highest BCUT2D eigenvalue weighted by Gasteiger charge is 2.29. The van der Waals surface area contributed by atoms with E-state index >= 15 is 0 Å². The molecule has 3 rings (SSSR count). The molecule has 0 unspecified atom stereocenters. The molecule has 1 aliphatic rings. The number of rotatable bonds is 5. The summed E-state index contributed by atoms with van der Waals surface area (Å²) in [6.07, 6.45) is 1.67. The SMILES string of the molecule is CCN1C(=O)/C(=C/c2cc(Cl)c(OCc3ccc(I)cc3)c(Cl)c2)NC1=S. The molecule has 0 spiro atoms. The third-order valence-corrected chi connectivity index (χ3v) is 5.51. The van der Waals surface area contributed by atoms with Gasteiger partial charge < -0.3 is 10.1 Å². The summed E-state index contributed by atoms with van der Waals surface area (Å²) < 4.78 is 6.95. The summed E-state index contributed by atoms with van der Waals surface area (Å²) in [5.74, 6) is 0.240. The number of carbonyl (C=O) groups excluding carboxylic acids is 1. The Balaban J connectivity index is 1.79. The molecule has 2 aromatic carbocycles. The number of nitrogens with zero attached hydrogens (tertiary/aromatic N) is 1. The smallest absolute Gasteiger partial charge is 0.276 e. The van der Waals surface area contributed by atoms with Crippen molar-refractivity contribution in [3.63, 3.8) is 0 Å². The summed E-state index contributed by atoms with van der Waals surface area (Å²) in [4.78, 5) is 13.8. The van der Waals surface area contributed by atoms with Crippen LogP contribution < -0.4 is 10.1 Å². The molecular formula is C19H15Cl2IN2O2S. The van der Waals surface area contributed by atoms with Crippen molar-refractivity contribution >= 4 is 75.1 Å². The Morgan fingerprint density at radius 3 is 2.41 bits per heavy atom. The predicted octanol–water partition coefficient (Wildman–Crippen LogP) is 5.25. The van der Waals surface area contributed by atoms with Crippen LogP contribution in [-0.2, 0) is 11.4 Å². The molecule has 2 aromatic rings. The number of thiocarbonyl (C=S) groups is 1.